The minimum absolute atomic E-state index is 0.406. The largest absolute Gasteiger partial charge is 0.375 e. The van der Waals surface area contributed by atoms with Crippen molar-refractivity contribution in [2.24, 2.45) is 0 Å². The van der Waals surface area contributed by atoms with Crippen molar-refractivity contribution >= 4 is 0 Å². The summed E-state index contributed by atoms with van der Waals surface area (Å²) in [7, 11) is 0. The van der Waals surface area contributed by atoms with Gasteiger partial charge in [-0.3, -0.25) is 0 Å². The molecule has 1 aliphatic carbocycles. The Balaban J connectivity index is 1.70. The fourth-order valence-electron chi connectivity index (χ4n) is 3.62. The Labute approximate surface area is 141 Å². The van der Waals surface area contributed by atoms with Gasteiger partial charge in [-0.1, -0.05) is 44.7 Å². The first-order chi connectivity index (χ1) is 11.2. The SMILES string of the molecule is CCCCCCC(C)OC1CCC(c2ccc(C#N)cc2)CC1. The van der Waals surface area contributed by atoms with Gasteiger partial charge in [-0.15, -0.1) is 0 Å². The van der Waals surface area contributed by atoms with E-state index in [0.29, 0.717) is 18.1 Å². The summed E-state index contributed by atoms with van der Waals surface area (Å²) in [5, 5.41) is 8.88. The number of hydrogen-bond acceptors (Lipinski definition) is 2. The lowest BCUT2D eigenvalue weighted by molar-refractivity contribution is -0.0276. The summed E-state index contributed by atoms with van der Waals surface area (Å²) in [5.74, 6) is 0.641. The van der Waals surface area contributed by atoms with Gasteiger partial charge >= 0.3 is 0 Å². The third-order valence-corrected chi connectivity index (χ3v) is 5.07. The molecule has 2 heteroatoms. The molecule has 1 aromatic carbocycles. The van der Waals surface area contributed by atoms with Crippen molar-refractivity contribution in [3.63, 3.8) is 0 Å². The molecule has 1 fully saturated rings. The highest BCUT2D eigenvalue weighted by molar-refractivity contribution is 5.33. The lowest BCUT2D eigenvalue weighted by Crippen LogP contribution is -2.25. The molecule has 0 aromatic heterocycles. The topological polar surface area (TPSA) is 33.0 Å². The van der Waals surface area contributed by atoms with Gasteiger partial charge in [-0.05, 0) is 62.6 Å². The quantitative estimate of drug-likeness (QED) is 0.555. The van der Waals surface area contributed by atoms with Crippen molar-refractivity contribution in [2.75, 3.05) is 0 Å². The van der Waals surface area contributed by atoms with E-state index in [9.17, 15) is 0 Å². The monoisotopic (exact) mass is 313 g/mol. The highest BCUT2D eigenvalue weighted by Crippen LogP contribution is 2.34. The molecular weight excluding hydrogens is 282 g/mol. The summed E-state index contributed by atoms with van der Waals surface area (Å²) in [6, 6.07) is 10.3. The molecule has 0 spiro atoms. The molecule has 1 aromatic rings. The van der Waals surface area contributed by atoms with Gasteiger partial charge in [-0.2, -0.15) is 5.26 Å². The second-order valence-electron chi connectivity index (χ2n) is 7.00. The van der Waals surface area contributed by atoms with Crippen LogP contribution >= 0.6 is 0 Å². The van der Waals surface area contributed by atoms with Crippen LogP contribution in [0.2, 0.25) is 0 Å². The Hall–Kier alpha value is -1.33. The van der Waals surface area contributed by atoms with E-state index in [2.05, 4.69) is 32.0 Å². The Morgan fingerprint density at radius 1 is 1.09 bits per heavy atom. The molecule has 0 amide bonds. The Morgan fingerprint density at radius 2 is 1.78 bits per heavy atom. The summed E-state index contributed by atoms with van der Waals surface area (Å²) in [6.07, 6.45) is 12.1. The van der Waals surface area contributed by atoms with Gasteiger partial charge < -0.3 is 4.74 Å². The number of nitriles is 1. The number of nitrogens with zero attached hydrogens (tertiary/aromatic N) is 1. The van der Waals surface area contributed by atoms with Crippen molar-refractivity contribution in [3.8, 4) is 6.07 Å². The van der Waals surface area contributed by atoms with Crippen LogP contribution in [0.15, 0.2) is 24.3 Å². The molecule has 0 N–H and O–H groups in total. The number of benzene rings is 1. The molecule has 0 radical (unpaired) electrons. The molecule has 1 unspecified atom stereocenters. The highest BCUT2D eigenvalue weighted by atomic mass is 16.5. The van der Waals surface area contributed by atoms with Crippen molar-refractivity contribution < 1.29 is 4.74 Å². The maximum atomic E-state index is 8.88. The van der Waals surface area contributed by atoms with E-state index >= 15 is 0 Å². The average molecular weight is 313 g/mol. The van der Waals surface area contributed by atoms with E-state index < -0.39 is 0 Å². The third kappa shape index (κ3) is 5.99. The second-order valence-corrected chi connectivity index (χ2v) is 7.00. The lowest BCUT2D eigenvalue weighted by atomic mass is 9.82. The van der Waals surface area contributed by atoms with Gasteiger partial charge in [0.15, 0.2) is 0 Å². The molecule has 2 rings (SSSR count). The zero-order valence-electron chi connectivity index (χ0n) is 14.8. The van der Waals surface area contributed by atoms with E-state index in [1.807, 2.05) is 12.1 Å². The van der Waals surface area contributed by atoms with Gasteiger partial charge in [-0.25, -0.2) is 0 Å². The van der Waals surface area contributed by atoms with E-state index in [1.165, 1.54) is 63.4 Å². The molecule has 1 atom stereocenters. The standard InChI is InChI=1S/C21H31NO/c1-3-4-5-6-7-17(2)23-21-14-12-20(13-15-21)19-10-8-18(16-22)9-11-19/h8-11,17,20-21H,3-7,12-15H2,1-2H3. The predicted octanol–water partition coefficient (Wildman–Crippen LogP) is 5.96. The van der Waals surface area contributed by atoms with Crippen molar-refractivity contribution in [1.29, 1.82) is 5.26 Å². The molecule has 0 saturated heterocycles. The smallest absolute Gasteiger partial charge is 0.0991 e. The van der Waals surface area contributed by atoms with Gasteiger partial charge in [0, 0.05) is 0 Å². The highest BCUT2D eigenvalue weighted by Gasteiger charge is 2.24. The molecule has 126 valence electrons. The second kappa shape index (κ2) is 9.73. The summed E-state index contributed by atoms with van der Waals surface area (Å²) in [6.45, 7) is 4.49. The number of rotatable bonds is 8. The van der Waals surface area contributed by atoms with Gasteiger partial charge in [0.05, 0.1) is 23.8 Å². The lowest BCUT2D eigenvalue weighted by Gasteiger charge is -2.31. The van der Waals surface area contributed by atoms with Crippen LogP contribution in [0.1, 0.15) is 88.7 Å². The predicted molar refractivity (Wildman–Crippen MR) is 95.5 cm³/mol. The van der Waals surface area contributed by atoms with Crippen LogP contribution in [-0.4, -0.2) is 12.2 Å². The van der Waals surface area contributed by atoms with Crippen LogP contribution in [0.3, 0.4) is 0 Å². The van der Waals surface area contributed by atoms with Gasteiger partial charge in [0.1, 0.15) is 0 Å². The molecular formula is C21H31NO. The van der Waals surface area contributed by atoms with Crippen molar-refractivity contribution in [2.45, 2.75) is 89.8 Å². The zero-order chi connectivity index (χ0) is 16.5. The van der Waals surface area contributed by atoms with Crippen LogP contribution in [-0.2, 0) is 4.74 Å². The van der Waals surface area contributed by atoms with Crippen molar-refractivity contribution in [3.05, 3.63) is 35.4 Å². The minimum Gasteiger partial charge on any atom is -0.375 e. The van der Waals surface area contributed by atoms with Crippen LogP contribution < -0.4 is 0 Å². The van der Waals surface area contributed by atoms with E-state index in [4.69, 9.17) is 10.00 Å². The minimum atomic E-state index is 0.406. The number of unbranched alkanes of at least 4 members (excludes halogenated alkanes) is 3. The maximum absolute atomic E-state index is 8.88. The molecule has 1 aliphatic rings. The first kappa shape index (κ1) is 18.0. The number of hydrogen-bond donors (Lipinski definition) is 0. The summed E-state index contributed by atoms with van der Waals surface area (Å²) in [5.41, 5.74) is 2.14. The van der Waals surface area contributed by atoms with Gasteiger partial charge in [0.25, 0.3) is 0 Å². The average Bonchev–Trinajstić information content (AvgIpc) is 2.59. The Kier molecular flexibility index (Phi) is 7.62. The zero-order valence-corrected chi connectivity index (χ0v) is 14.8. The molecule has 0 aliphatic heterocycles. The van der Waals surface area contributed by atoms with E-state index in [0.717, 1.165) is 5.56 Å². The fraction of sp³-hybridized carbons (Fsp3) is 0.667. The molecule has 1 saturated carbocycles. The normalized spacial score (nSPS) is 22.5. The molecule has 0 bridgehead atoms. The van der Waals surface area contributed by atoms with Crippen LogP contribution in [0.5, 0.6) is 0 Å². The van der Waals surface area contributed by atoms with Crippen molar-refractivity contribution in [1.82, 2.24) is 0 Å². The molecule has 23 heavy (non-hydrogen) atoms. The van der Waals surface area contributed by atoms with E-state index in [1.54, 1.807) is 0 Å². The Morgan fingerprint density at radius 3 is 2.39 bits per heavy atom. The summed E-state index contributed by atoms with van der Waals surface area (Å²) < 4.78 is 6.25. The fourth-order valence-corrected chi connectivity index (χ4v) is 3.62. The first-order valence-electron chi connectivity index (χ1n) is 9.38. The summed E-state index contributed by atoms with van der Waals surface area (Å²) >= 11 is 0. The van der Waals surface area contributed by atoms with Crippen LogP contribution in [0, 0.1) is 11.3 Å². The molecule has 0 heterocycles. The third-order valence-electron chi connectivity index (χ3n) is 5.07. The van der Waals surface area contributed by atoms with Crippen LogP contribution in [0.4, 0.5) is 0 Å². The Bertz CT molecular complexity index is 480. The summed E-state index contributed by atoms with van der Waals surface area (Å²) in [4.78, 5) is 0. The first-order valence-corrected chi connectivity index (χ1v) is 9.38. The van der Waals surface area contributed by atoms with Crippen LogP contribution in [0.25, 0.3) is 0 Å². The van der Waals surface area contributed by atoms with E-state index in [-0.39, 0.29) is 0 Å². The maximum Gasteiger partial charge on any atom is 0.0991 e. The van der Waals surface area contributed by atoms with Gasteiger partial charge in [0.2, 0.25) is 0 Å². The molecule has 2 nitrogen and oxygen atoms in total. The number of ether oxygens (including phenoxy) is 1.